The van der Waals surface area contributed by atoms with Gasteiger partial charge in [0.25, 0.3) is 0 Å². The highest BCUT2D eigenvalue weighted by Crippen LogP contribution is 2.36. The Morgan fingerprint density at radius 2 is 2.00 bits per heavy atom. The fraction of sp³-hybridized carbons (Fsp3) is 0.692. The number of rotatable bonds is 3. The number of halogens is 1. The number of hydrogen-bond acceptors (Lipinski definition) is 2. The van der Waals surface area contributed by atoms with E-state index in [-0.39, 0.29) is 6.04 Å². The Bertz CT molecular complexity index is 332. The molecule has 0 radical (unpaired) electrons. The van der Waals surface area contributed by atoms with Crippen molar-refractivity contribution >= 4 is 22.9 Å². The summed E-state index contributed by atoms with van der Waals surface area (Å²) in [6.07, 6.45) is 1.01. The summed E-state index contributed by atoms with van der Waals surface area (Å²) in [5.74, 6) is 0.601. The zero-order valence-corrected chi connectivity index (χ0v) is 12.4. The lowest BCUT2D eigenvalue weighted by Crippen LogP contribution is -2.22. The van der Waals surface area contributed by atoms with Gasteiger partial charge in [0.05, 0.1) is 4.34 Å². The molecule has 0 aliphatic heterocycles. The van der Waals surface area contributed by atoms with Crippen LogP contribution in [0.5, 0.6) is 0 Å². The summed E-state index contributed by atoms with van der Waals surface area (Å²) in [4.78, 5) is 1.21. The summed E-state index contributed by atoms with van der Waals surface area (Å²) in [7, 11) is 0. The van der Waals surface area contributed by atoms with Crippen molar-refractivity contribution in [3.63, 3.8) is 0 Å². The van der Waals surface area contributed by atoms with Crippen LogP contribution in [0.1, 0.15) is 50.6 Å². The smallest absolute Gasteiger partial charge is 0.0960 e. The van der Waals surface area contributed by atoms with Crippen LogP contribution in [0.25, 0.3) is 0 Å². The van der Waals surface area contributed by atoms with Crippen LogP contribution in [0.3, 0.4) is 0 Å². The summed E-state index contributed by atoms with van der Waals surface area (Å²) >= 11 is 7.68. The number of nitrogens with two attached hydrogens (primary N) is 1. The van der Waals surface area contributed by atoms with E-state index < -0.39 is 0 Å². The Kier molecular flexibility index (Phi) is 4.44. The van der Waals surface area contributed by atoms with Crippen LogP contribution in [0.2, 0.25) is 4.34 Å². The Morgan fingerprint density at radius 1 is 1.44 bits per heavy atom. The van der Waals surface area contributed by atoms with E-state index in [0.717, 1.165) is 16.3 Å². The first-order valence-corrected chi connectivity index (χ1v) is 6.92. The molecule has 0 aromatic carbocycles. The molecule has 2 atom stereocenters. The van der Waals surface area contributed by atoms with Crippen LogP contribution in [0, 0.1) is 18.3 Å². The molecule has 1 aromatic heterocycles. The predicted molar refractivity (Wildman–Crippen MR) is 74.2 cm³/mol. The Hall–Kier alpha value is -0.0500. The third kappa shape index (κ3) is 3.47. The first-order valence-electron chi connectivity index (χ1n) is 5.73. The fourth-order valence-electron chi connectivity index (χ4n) is 1.52. The van der Waals surface area contributed by atoms with Crippen molar-refractivity contribution in [1.82, 2.24) is 0 Å². The zero-order valence-electron chi connectivity index (χ0n) is 10.8. The maximum atomic E-state index is 6.23. The first kappa shape index (κ1) is 14.0. The molecule has 2 N–H and O–H groups in total. The molecule has 0 amide bonds. The number of hydrogen-bond donors (Lipinski definition) is 1. The van der Waals surface area contributed by atoms with E-state index in [0.29, 0.717) is 11.3 Å². The van der Waals surface area contributed by atoms with Crippen LogP contribution >= 0.6 is 22.9 Å². The van der Waals surface area contributed by atoms with Crippen molar-refractivity contribution in [2.24, 2.45) is 17.1 Å². The molecular formula is C13H22ClNS. The summed E-state index contributed by atoms with van der Waals surface area (Å²) in [6.45, 7) is 11.1. The molecule has 0 bridgehead atoms. The van der Waals surface area contributed by atoms with Gasteiger partial charge in [0.15, 0.2) is 0 Å². The maximum absolute atomic E-state index is 6.23. The van der Waals surface area contributed by atoms with Gasteiger partial charge in [-0.15, -0.1) is 11.3 Å². The van der Waals surface area contributed by atoms with Crippen LogP contribution in [0.15, 0.2) is 6.07 Å². The highest BCUT2D eigenvalue weighted by Gasteiger charge is 2.23. The van der Waals surface area contributed by atoms with Gasteiger partial charge < -0.3 is 5.73 Å². The Labute approximate surface area is 108 Å². The molecule has 1 rings (SSSR count). The molecule has 0 aliphatic rings. The van der Waals surface area contributed by atoms with E-state index in [1.807, 2.05) is 6.92 Å². The number of aryl methyl sites for hydroxylation is 1. The van der Waals surface area contributed by atoms with E-state index in [1.165, 1.54) is 4.88 Å². The molecule has 0 saturated heterocycles. The fourth-order valence-corrected chi connectivity index (χ4v) is 2.75. The van der Waals surface area contributed by atoms with E-state index in [1.54, 1.807) is 11.3 Å². The number of thiophene rings is 1. The highest BCUT2D eigenvalue weighted by molar-refractivity contribution is 7.16. The van der Waals surface area contributed by atoms with Crippen molar-refractivity contribution in [2.45, 2.75) is 47.1 Å². The quantitative estimate of drug-likeness (QED) is 0.831. The van der Waals surface area contributed by atoms with Crippen LogP contribution in [-0.4, -0.2) is 0 Å². The molecular weight excluding hydrogens is 238 g/mol. The minimum absolute atomic E-state index is 0.116. The highest BCUT2D eigenvalue weighted by atomic mass is 35.5. The monoisotopic (exact) mass is 259 g/mol. The SMILES string of the molecule is Cc1cc(C(N)CC(C)C(C)(C)C)sc1Cl. The van der Waals surface area contributed by atoms with Gasteiger partial charge in [-0.25, -0.2) is 0 Å². The molecule has 1 nitrogen and oxygen atoms in total. The average Bonchev–Trinajstić information content (AvgIpc) is 2.45. The lowest BCUT2D eigenvalue weighted by molar-refractivity contribution is 0.234. The van der Waals surface area contributed by atoms with E-state index in [9.17, 15) is 0 Å². The molecule has 2 unspecified atom stereocenters. The van der Waals surface area contributed by atoms with Crippen molar-refractivity contribution in [2.75, 3.05) is 0 Å². The van der Waals surface area contributed by atoms with Crippen LogP contribution in [-0.2, 0) is 0 Å². The van der Waals surface area contributed by atoms with Crippen molar-refractivity contribution in [3.05, 3.63) is 20.8 Å². The van der Waals surface area contributed by atoms with E-state index in [4.69, 9.17) is 17.3 Å². The van der Waals surface area contributed by atoms with Crippen molar-refractivity contribution < 1.29 is 0 Å². The van der Waals surface area contributed by atoms with Gasteiger partial charge in [-0.1, -0.05) is 39.3 Å². The Morgan fingerprint density at radius 3 is 2.38 bits per heavy atom. The van der Waals surface area contributed by atoms with E-state index in [2.05, 4.69) is 33.8 Å². The molecule has 1 aromatic rings. The maximum Gasteiger partial charge on any atom is 0.0960 e. The summed E-state index contributed by atoms with van der Waals surface area (Å²) in [5, 5.41) is 0. The lowest BCUT2D eigenvalue weighted by Gasteiger charge is -2.29. The van der Waals surface area contributed by atoms with Gasteiger partial charge in [-0.2, -0.15) is 0 Å². The topological polar surface area (TPSA) is 26.0 Å². The summed E-state index contributed by atoms with van der Waals surface area (Å²) in [6, 6.07) is 2.23. The summed E-state index contributed by atoms with van der Waals surface area (Å²) in [5.41, 5.74) is 7.68. The second kappa shape index (κ2) is 5.07. The third-order valence-corrected chi connectivity index (χ3v) is 5.01. The Balaban J connectivity index is 2.69. The summed E-state index contributed by atoms with van der Waals surface area (Å²) < 4.78 is 0.869. The van der Waals surface area contributed by atoms with Gasteiger partial charge in [0, 0.05) is 10.9 Å². The van der Waals surface area contributed by atoms with Gasteiger partial charge >= 0.3 is 0 Å². The third-order valence-electron chi connectivity index (χ3n) is 3.33. The molecule has 0 saturated carbocycles. The van der Waals surface area contributed by atoms with Gasteiger partial charge in [0.2, 0.25) is 0 Å². The minimum Gasteiger partial charge on any atom is -0.323 e. The predicted octanol–water partition coefficient (Wildman–Crippen LogP) is 4.78. The zero-order chi connectivity index (χ0) is 12.5. The minimum atomic E-state index is 0.116. The average molecular weight is 260 g/mol. The molecule has 0 aliphatic carbocycles. The second-order valence-electron chi connectivity index (χ2n) is 5.71. The van der Waals surface area contributed by atoms with Gasteiger partial charge in [0.1, 0.15) is 0 Å². The molecule has 92 valence electrons. The first-order chi connectivity index (χ1) is 7.21. The van der Waals surface area contributed by atoms with Crippen LogP contribution in [0.4, 0.5) is 0 Å². The normalized spacial score (nSPS) is 16.2. The standard InChI is InChI=1S/C13H22ClNS/c1-8-6-11(16-12(8)14)10(15)7-9(2)13(3,4)5/h6,9-10H,7,15H2,1-5H3. The molecule has 3 heteroatoms. The van der Waals surface area contributed by atoms with Crippen molar-refractivity contribution in [1.29, 1.82) is 0 Å². The molecule has 0 spiro atoms. The molecule has 16 heavy (non-hydrogen) atoms. The molecule has 1 heterocycles. The van der Waals surface area contributed by atoms with Gasteiger partial charge in [-0.05, 0) is 36.3 Å². The van der Waals surface area contributed by atoms with Gasteiger partial charge in [-0.3, -0.25) is 0 Å². The van der Waals surface area contributed by atoms with Crippen molar-refractivity contribution in [3.8, 4) is 0 Å². The second-order valence-corrected chi connectivity index (χ2v) is 7.40. The molecule has 0 fully saturated rings. The van der Waals surface area contributed by atoms with E-state index >= 15 is 0 Å². The largest absolute Gasteiger partial charge is 0.323 e. The lowest BCUT2D eigenvalue weighted by atomic mass is 9.78. The van der Waals surface area contributed by atoms with Crippen LogP contribution < -0.4 is 5.73 Å².